The number of rotatable bonds is 6. The Labute approximate surface area is 165 Å². The zero-order valence-electron chi connectivity index (χ0n) is 16.0. The topological polar surface area (TPSA) is 102 Å². The Bertz CT molecular complexity index is 1070. The van der Waals surface area contributed by atoms with Crippen molar-refractivity contribution in [2.24, 2.45) is 0 Å². The number of ketones is 2. The van der Waals surface area contributed by atoms with Crippen molar-refractivity contribution >= 4 is 28.9 Å². The quantitative estimate of drug-likeness (QED) is 0.503. The number of esters is 1. The van der Waals surface area contributed by atoms with Crippen molar-refractivity contribution in [3.63, 3.8) is 0 Å². The van der Waals surface area contributed by atoms with Crippen LogP contribution in [0, 0.1) is 20.8 Å². The highest BCUT2D eigenvalue weighted by Crippen LogP contribution is 2.27. The number of pyridine rings is 1. The number of nitrogens with zero attached hydrogens (tertiary/aromatic N) is 2. The molecule has 3 heterocycles. The Kier molecular flexibility index (Phi) is 5.51. The molecule has 28 heavy (non-hydrogen) atoms. The van der Waals surface area contributed by atoms with Crippen LogP contribution in [0.2, 0.25) is 0 Å². The minimum absolute atomic E-state index is 0.121. The Morgan fingerprint density at radius 3 is 2.54 bits per heavy atom. The van der Waals surface area contributed by atoms with Crippen LogP contribution in [0.5, 0.6) is 0 Å². The molecule has 0 unspecified atom stereocenters. The summed E-state index contributed by atoms with van der Waals surface area (Å²) in [5.74, 6) is -1.13. The first-order valence-corrected chi connectivity index (χ1v) is 9.40. The zero-order chi connectivity index (χ0) is 20.4. The van der Waals surface area contributed by atoms with E-state index < -0.39 is 18.4 Å². The number of carbonyl (C=O) groups excluding carboxylic acids is 3. The van der Waals surface area contributed by atoms with Gasteiger partial charge in [-0.3, -0.25) is 14.6 Å². The molecule has 0 fully saturated rings. The molecule has 3 aromatic rings. The van der Waals surface area contributed by atoms with E-state index >= 15 is 0 Å². The molecule has 3 aromatic heterocycles. The molecule has 8 heteroatoms. The Hall–Kier alpha value is -3.13. The molecule has 0 radical (unpaired) electrons. The van der Waals surface area contributed by atoms with Crippen molar-refractivity contribution in [1.82, 2.24) is 15.0 Å². The number of aryl methyl sites for hydroxylation is 2. The fourth-order valence-corrected chi connectivity index (χ4v) is 3.95. The van der Waals surface area contributed by atoms with Crippen LogP contribution in [0.1, 0.15) is 54.4 Å². The summed E-state index contributed by atoms with van der Waals surface area (Å²) in [6.07, 6.45) is 1.65. The number of Topliss-reactive ketones (excluding diaryl/α,β-unsaturated/α-hetero) is 2. The van der Waals surface area contributed by atoms with Crippen molar-refractivity contribution in [3.05, 3.63) is 57.5 Å². The minimum Gasteiger partial charge on any atom is -0.453 e. The standard InChI is InChI=1S/C20H19N3O4S/c1-10-16(13(4)24)11(2)22-17(10)15(25)9-27-20(26)18-12(3)23-19(28-18)14-7-5-6-8-21-14/h5-8,22H,9H2,1-4H3. The summed E-state index contributed by atoms with van der Waals surface area (Å²) >= 11 is 1.17. The molecule has 0 aliphatic heterocycles. The van der Waals surface area contributed by atoms with E-state index in [-0.39, 0.29) is 11.5 Å². The number of H-pyrrole nitrogens is 1. The molecule has 0 saturated carbocycles. The highest BCUT2D eigenvalue weighted by atomic mass is 32.1. The number of nitrogens with one attached hydrogen (secondary N) is 1. The van der Waals surface area contributed by atoms with Gasteiger partial charge in [0.2, 0.25) is 5.78 Å². The summed E-state index contributed by atoms with van der Waals surface area (Å²) in [4.78, 5) is 48.4. The molecule has 0 aliphatic rings. The lowest BCUT2D eigenvalue weighted by Crippen LogP contribution is -2.15. The van der Waals surface area contributed by atoms with Crippen molar-refractivity contribution in [1.29, 1.82) is 0 Å². The van der Waals surface area contributed by atoms with Crippen molar-refractivity contribution in [2.75, 3.05) is 6.61 Å². The van der Waals surface area contributed by atoms with E-state index in [1.54, 1.807) is 39.1 Å². The van der Waals surface area contributed by atoms with Crippen LogP contribution in [0.4, 0.5) is 0 Å². The van der Waals surface area contributed by atoms with Gasteiger partial charge in [-0.1, -0.05) is 6.07 Å². The van der Waals surface area contributed by atoms with E-state index in [0.29, 0.717) is 38.1 Å². The largest absolute Gasteiger partial charge is 0.453 e. The molecule has 0 aliphatic carbocycles. The lowest BCUT2D eigenvalue weighted by molar-refractivity contribution is 0.0477. The van der Waals surface area contributed by atoms with Gasteiger partial charge in [0.25, 0.3) is 0 Å². The predicted octanol–water partition coefficient (Wildman–Crippen LogP) is 3.70. The molecule has 0 saturated heterocycles. The van der Waals surface area contributed by atoms with Crippen molar-refractivity contribution < 1.29 is 19.1 Å². The highest BCUT2D eigenvalue weighted by molar-refractivity contribution is 7.17. The van der Waals surface area contributed by atoms with Crippen molar-refractivity contribution in [3.8, 4) is 10.7 Å². The number of thiazole rings is 1. The van der Waals surface area contributed by atoms with Gasteiger partial charge in [-0.25, -0.2) is 9.78 Å². The number of aromatic nitrogens is 3. The lowest BCUT2D eigenvalue weighted by atomic mass is 10.1. The molecule has 0 bridgehead atoms. The Morgan fingerprint density at radius 1 is 1.18 bits per heavy atom. The van der Waals surface area contributed by atoms with Gasteiger partial charge < -0.3 is 9.72 Å². The second-order valence-corrected chi connectivity index (χ2v) is 7.33. The van der Waals surface area contributed by atoms with Crippen LogP contribution in [0.25, 0.3) is 10.7 Å². The number of ether oxygens (including phenoxy) is 1. The molecule has 7 nitrogen and oxygen atoms in total. The van der Waals surface area contributed by atoms with Crippen LogP contribution in [0.15, 0.2) is 24.4 Å². The predicted molar refractivity (Wildman–Crippen MR) is 105 cm³/mol. The summed E-state index contributed by atoms with van der Waals surface area (Å²) in [6.45, 7) is 6.16. The first kappa shape index (κ1) is 19.6. The summed E-state index contributed by atoms with van der Waals surface area (Å²) in [6, 6.07) is 5.44. The Balaban J connectivity index is 1.73. The number of aromatic amines is 1. The second kappa shape index (κ2) is 7.85. The lowest BCUT2D eigenvalue weighted by Gasteiger charge is -2.03. The molecule has 0 spiro atoms. The molecule has 0 atom stereocenters. The van der Waals surface area contributed by atoms with Gasteiger partial charge in [-0.2, -0.15) is 0 Å². The molecule has 3 rings (SSSR count). The van der Waals surface area contributed by atoms with E-state index in [1.807, 2.05) is 6.07 Å². The number of carbonyl (C=O) groups is 3. The van der Waals surface area contributed by atoms with Gasteiger partial charge in [-0.15, -0.1) is 11.3 Å². The SMILES string of the molecule is CC(=O)c1c(C)[nH]c(C(=O)COC(=O)c2sc(-c3ccccn3)nc2C)c1C. The summed E-state index contributed by atoms with van der Waals surface area (Å²) in [7, 11) is 0. The Morgan fingerprint density at radius 2 is 1.93 bits per heavy atom. The molecular formula is C20H19N3O4S. The summed E-state index contributed by atoms with van der Waals surface area (Å²) < 4.78 is 5.20. The fraction of sp³-hybridized carbons (Fsp3) is 0.250. The molecule has 144 valence electrons. The maximum atomic E-state index is 12.5. The van der Waals surface area contributed by atoms with E-state index in [9.17, 15) is 14.4 Å². The molecule has 1 N–H and O–H groups in total. The van der Waals surface area contributed by atoms with E-state index in [1.165, 1.54) is 18.3 Å². The molecule has 0 aromatic carbocycles. The first-order valence-electron chi connectivity index (χ1n) is 8.58. The van der Waals surface area contributed by atoms with Crippen LogP contribution in [-0.2, 0) is 4.74 Å². The van der Waals surface area contributed by atoms with Gasteiger partial charge in [-0.05, 0) is 45.4 Å². The number of hydrogen-bond acceptors (Lipinski definition) is 7. The average molecular weight is 397 g/mol. The highest BCUT2D eigenvalue weighted by Gasteiger charge is 2.23. The third-order valence-electron chi connectivity index (χ3n) is 4.27. The van der Waals surface area contributed by atoms with Gasteiger partial charge in [0.15, 0.2) is 12.4 Å². The van der Waals surface area contributed by atoms with E-state index in [0.717, 1.165) is 0 Å². The van der Waals surface area contributed by atoms with E-state index in [2.05, 4.69) is 15.0 Å². The fourth-order valence-electron chi connectivity index (χ4n) is 3.01. The van der Waals surface area contributed by atoms with Gasteiger partial charge in [0, 0.05) is 17.5 Å². The normalized spacial score (nSPS) is 10.7. The van der Waals surface area contributed by atoms with Gasteiger partial charge >= 0.3 is 5.97 Å². The smallest absolute Gasteiger partial charge is 0.350 e. The molecule has 0 amide bonds. The van der Waals surface area contributed by atoms with Crippen LogP contribution in [0.3, 0.4) is 0 Å². The van der Waals surface area contributed by atoms with Crippen LogP contribution >= 0.6 is 11.3 Å². The number of hydrogen-bond donors (Lipinski definition) is 1. The van der Waals surface area contributed by atoms with E-state index in [4.69, 9.17) is 4.74 Å². The summed E-state index contributed by atoms with van der Waals surface area (Å²) in [5.41, 5.74) is 3.16. The van der Waals surface area contributed by atoms with Crippen LogP contribution in [-0.4, -0.2) is 39.1 Å². The van der Waals surface area contributed by atoms with Crippen LogP contribution < -0.4 is 0 Å². The molecular weight excluding hydrogens is 378 g/mol. The maximum Gasteiger partial charge on any atom is 0.350 e. The second-order valence-electron chi connectivity index (χ2n) is 6.33. The summed E-state index contributed by atoms with van der Waals surface area (Å²) in [5, 5.41) is 0.610. The first-order chi connectivity index (χ1) is 13.3. The van der Waals surface area contributed by atoms with Gasteiger partial charge in [0.1, 0.15) is 9.88 Å². The average Bonchev–Trinajstić information content (AvgIpc) is 3.19. The minimum atomic E-state index is -0.613. The zero-order valence-corrected chi connectivity index (χ0v) is 16.8. The maximum absolute atomic E-state index is 12.5. The van der Waals surface area contributed by atoms with Crippen molar-refractivity contribution in [2.45, 2.75) is 27.7 Å². The third-order valence-corrected chi connectivity index (χ3v) is 5.43. The van der Waals surface area contributed by atoms with Gasteiger partial charge in [0.05, 0.1) is 17.1 Å². The third kappa shape index (κ3) is 3.77. The monoisotopic (exact) mass is 397 g/mol.